The molecule has 1 saturated carbocycles. The molecular weight excluding hydrogens is 260 g/mol. The number of hydrogen-bond acceptors (Lipinski definition) is 2. The number of benzene rings is 1. The minimum absolute atomic E-state index is 0.169. The van der Waals surface area contributed by atoms with Gasteiger partial charge in [-0.15, -0.1) is 0 Å². The lowest BCUT2D eigenvalue weighted by molar-refractivity contribution is 0.0638. The van der Waals surface area contributed by atoms with Crippen LogP contribution in [0, 0.1) is 5.92 Å². The van der Waals surface area contributed by atoms with Crippen LogP contribution in [0.1, 0.15) is 41.6 Å². The number of hydrogen-bond donors (Lipinski definition) is 1. The van der Waals surface area contributed by atoms with Gasteiger partial charge < -0.3 is 10.6 Å². The number of rotatable bonds is 2. The van der Waals surface area contributed by atoms with Crippen molar-refractivity contribution in [1.29, 1.82) is 0 Å². The number of carbonyl (C=O) groups excluding carboxylic acids is 1. The van der Waals surface area contributed by atoms with Gasteiger partial charge in [0, 0.05) is 23.2 Å². The minimum Gasteiger partial charge on any atom is -0.331 e. The zero-order valence-corrected chi connectivity index (χ0v) is 11.7. The third kappa shape index (κ3) is 2.37. The van der Waals surface area contributed by atoms with Gasteiger partial charge in [0.1, 0.15) is 0 Å². The molecule has 2 aliphatic rings. The summed E-state index contributed by atoms with van der Waals surface area (Å²) < 4.78 is 0. The van der Waals surface area contributed by atoms with Gasteiger partial charge in [0.15, 0.2) is 0 Å². The predicted molar refractivity (Wildman–Crippen MR) is 76.1 cm³/mol. The molecule has 1 heterocycles. The smallest absolute Gasteiger partial charge is 0.254 e. The van der Waals surface area contributed by atoms with Gasteiger partial charge in [0.05, 0.1) is 0 Å². The van der Waals surface area contributed by atoms with E-state index in [-0.39, 0.29) is 5.91 Å². The summed E-state index contributed by atoms with van der Waals surface area (Å²) in [5, 5.41) is 0.709. The molecule has 3 rings (SSSR count). The zero-order valence-electron chi connectivity index (χ0n) is 10.9. The van der Waals surface area contributed by atoms with Crippen molar-refractivity contribution in [2.24, 2.45) is 11.7 Å². The van der Waals surface area contributed by atoms with Crippen LogP contribution in [0.4, 0.5) is 0 Å². The summed E-state index contributed by atoms with van der Waals surface area (Å²) in [7, 11) is 0. The van der Waals surface area contributed by atoms with Gasteiger partial charge in [-0.2, -0.15) is 0 Å². The Bertz CT molecular complexity index is 495. The summed E-state index contributed by atoms with van der Waals surface area (Å²) >= 11 is 6.00. The molecule has 0 bridgehead atoms. The van der Waals surface area contributed by atoms with Crippen molar-refractivity contribution in [1.82, 2.24) is 4.90 Å². The maximum atomic E-state index is 12.4. The summed E-state index contributed by atoms with van der Waals surface area (Å²) in [5.74, 6) is 0.814. The van der Waals surface area contributed by atoms with Crippen molar-refractivity contribution in [2.75, 3.05) is 6.54 Å². The molecule has 0 saturated heterocycles. The molecule has 1 aromatic carbocycles. The van der Waals surface area contributed by atoms with Crippen LogP contribution < -0.4 is 5.73 Å². The Labute approximate surface area is 118 Å². The molecule has 2 N–H and O–H groups in total. The van der Waals surface area contributed by atoms with Crippen LogP contribution >= 0.6 is 11.6 Å². The minimum atomic E-state index is 0.169. The maximum absolute atomic E-state index is 12.4. The van der Waals surface area contributed by atoms with E-state index < -0.39 is 0 Å². The first-order chi connectivity index (χ1) is 9.19. The van der Waals surface area contributed by atoms with Gasteiger partial charge in [-0.1, -0.05) is 11.6 Å². The molecule has 0 unspecified atom stereocenters. The molecule has 1 aliphatic heterocycles. The number of carbonyl (C=O) groups is 1. The fraction of sp³-hybridized carbons (Fsp3) is 0.533. The fourth-order valence-electron chi connectivity index (χ4n) is 3.30. The summed E-state index contributed by atoms with van der Waals surface area (Å²) in [6.07, 6.45) is 4.44. The lowest BCUT2D eigenvalue weighted by Gasteiger charge is -2.34. The second-order valence-corrected chi connectivity index (χ2v) is 6.08. The third-order valence-corrected chi connectivity index (χ3v) is 4.72. The quantitative estimate of drug-likeness (QED) is 0.904. The molecule has 0 atom stereocenters. The van der Waals surface area contributed by atoms with E-state index >= 15 is 0 Å². The number of nitrogens with two attached hydrogens (primary N) is 1. The first-order valence-corrected chi connectivity index (χ1v) is 7.36. The largest absolute Gasteiger partial charge is 0.331 e. The summed E-state index contributed by atoms with van der Waals surface area (Å²) in [5.41, 5.74) is 7.61. The summed E-state index contributed by atoms with van der Waals surface area (Å²) in [4.78, 5) is 14.4. The molecule has 0 radical (unpaired) electrons. The van der Waals surface area contributed by atoms with Crippen LogP contribution in [-0.4, -0.2) is 23.4 Å². The lowest BCUT2D eigenvalue weighted by Crippen LogP contribution is -2.39. The van der Waals surface area contributed by atoms with E-state index in [2.05, 4.69) is 0 Å². The molecule has 0 aromatic heterocycles. The Hall–Kier alpha value is -1.06. The van der Waals surface area contributed by atoms with E-state index in [0.29, 0.717) is 23.5 Å². The molecule has 102 valence electrons. The van der Waals surface area contributed by atoms with E-state index in [0.717, 1.165) is 43.4 Å². The molecule has 4 heteroatoms. The van der Waals surface area contributed by atoms with Crippen molar-refractivity contribution < 1.29 is 4.79 Å². The second-order valence-electron chi connectivity index (χ2n) is 5.64. The number of fused-ring (bicyclic) bond motifs is 1. The number of halogens is 1. The first kappa shape index (κ1) is 12.9. The Morgan fingerprint density at radius 2 is 2.00 bits per heavy atom. The van der Waals surface area contributed by atoms with Gasteiger partial charge in [-0.05, 0) is 61.9 Å². The topological polar surface area (TPSA) is 46.3 Å². The molecule has 1 amide bonds. The Balaban J connectivity index is 1.74. The molecule has 0 spiro atoms. The number of amides is 1. The highest BCUT2D eigenvalue weighted by Crippen LogP contribution is 2.33. The van der Waals surface area contributed by atoms with E-state index in [1.807, 2.05) is 17.0 Å². The lowest BCUT2D eigenvalue weighted by atomic mass is 9.85. The predicted octanol–water partition coefficient (Wildman–Crippen LogP) is 2.81. The average Bonchev–Trinajstić information content (AvgIpc) is 2.75. The van der Waals surface area contributed by atoms with Gasteiger partial charge in [0.25, 0.3) is 5.91 Å². The fourth-order valence-corrected chi connectivity index (χ4v) is 3.49. The van der Waals surface area contributed by atoms with Crippen molar-refractivity contribution >= 4 is 17.5 Å². The van der Waals surface area contributed by atoms with Crippen LogP contribution in [0.15, 0.2) is 18.2 Å². The van der Waals surface area contributed by atoms with Gasteiger partial charge >= 0.3 is 0 Å². The monoisotopic (exact) mass is 278 g/mol. The molecular formula is C15H19ClN2O. The van der Waals surface area contributed by atoms with Crippen LogP contribution in [0.5, 0.6) is 0 Å². The van der Waals surface area contributed by atoms with Gasteiger partial charge in [-0.3, -0.25) is 4.79 Å². The maximum Gasteiger partial charge on any atom is 0.254 e. The highest BCUT2D eigenvalue weighted by Gasteiger charge is 2.34. The van der Waals surface area contributed by atoms with Gasteiger partial charge in [-0.25, -0.2) is 0 Å². The van der Waals surface area contributed by atoms with Crippen molar-refractivity contribution in [3.63, 3.8) is 0 Å². The Morgan fingerprint density at radius 1 is 1.26 bits per heavy atom. The number of nitrogens with zero attached hydrogens (tertiary/aromatic N) is 1. The Morgan fingerprint density at radius 3 is 2.68 bits per heavy atom. The average molecular weight is 279 g/mol. The van der Waals surface area contributed by atoms with E-state index in [1.165, 1.54) is 0 Å². The highest BCUT2D eigenvalue weighted by atomic mass is 35.5. The third-order valence-electron chi connectivity index (χ3n) is 4.49. The van der Waals surface area contributed by atoms with Crippen molar-refractivity contribution in [2.45, 2.75) is 38.3 Å². The van der Waals surface area contributed by atoms with Crippen LogP contribution in [0.25, 0.3) is 0 Å². The van der Waals surface area contributed by atoms with Gasteiger partial charge in [0.2, 0.25) is 0 Å². The summed E-state index contributed by atoms with van der Waals surface area (Å²) in [6, 6.07) is 5.94. The van der Waals surface area contributed by atoms with Crippen LogP contribution in [0.2, 0.25) is 5.02 Å². The van der Waals surface area contributed by atoms with E-state index in [9.17, 15) is 4.79 Å². The Kier molecular flexibility index (Phi) is 3.50. The van der Waals surface area contributed by atoms with Crippen LogP contribution in [0.3, 0.4) is 0 Å². The summed E-state index contributed by atoms with van der Waals surface area (Å²) in [6.45, 7) is 1.49. The SMILES string of the molecule is NCC1CCC(N2Cc3cc(Cl)ccc3C2=O)CC1. The van der Waals surface area contributed by atoms with Crippen LogP contribution in [-0.2, 0) is 6.54 Å². The molecule has 19 heavy (non-hydrogen) atoms. The molecule has 1 aliphatic carbocycles. The second kappa shape index (κ2) is 5.14. The molecule has 1 fully saturated rings. The molecule has 3 nitrogen and oxygen atoms in total. The van der Waals surface area contributed by atoms with E-state index in [4.69, 9.17) is 17.3 Å². The highest BCUT2D eigenvalue weighted by molar-refractivity contribution is 6.30. The van der Waals surface area contributed by atoms with Crippen molar-refractivity contribution in [3.8, 4) is 0 Å². The van der Waals surface area contributed by atoms with E-state index in [1.54, 1.807) is 6.07 Å². The standard InChI is InChI=1S/C15H19ClN2O/c16-12-3-6-14-11(7-12)9-18(15(14)19)13-4-1-10(8-17)2-5-13/h3,6-7,10,13H,1-2,4-5,8-9,17H2. The molecule has 1 aromatic rings. The first-order valence-electron chi connectivity index (χ1n) is 6.98. The van der Waals surface area contributed by atoms with Crippen molar-refractivity contribution in [3.05, 3.63) is 34.3 Å². The zero-order chi connectivity index (χ0) is 13.4. The normalized spacial score (nSPS) is 26.6.